The van der Waals surface area contributed by atoms with Crippen LogP contribution in [0.3, 0.4) is 0 Å². The third kappa shape index (κ3) is 4.77. The molecular weight excluding hydrogens is 311 g/mol. The lowest BCUT2D eigenvalue weighted by molar-refractivity contribution is 0.155. The number of phenols is 1. The summed E-state index contributed by atoms with van der Waals surface area (Å²) in [7, 11) is 0. The van der Waals surface area contributed by atoms with Crippen LogP contribution in [0, 0.1) is 23.6 Å². The van der Waals surface area contributed by atoms with E-state index in [0.717, 1.165) is 36.2 Å². The second-order valence-electron chi connectivity index (χ2n) is 8.57. The molecule has 1 N–H and O–H groups in total. The van der Waals surface area contributed by atoms with Gasteiger partial charge in [0.05, 0.1) is 0 Å². The maximum atomic E-state index is 14.2. The average molecular weight is 347 g/mol. The highest BCUT2D eigenvalue weighted by Crippen LogP contribution is 2.45. The van der Waals surface area contributed by atoms with Gasteiger partial charge < -0.3 is 5.11 Å². The van der Waals surface area contributed by atoms with Crippen molar-refractivity contribution in [2.75, 3.05) is 0 Å². The summed E-state index contributed by atoms with van der Waals surface area (Å²) in [5.41, 5.74) is 0.734. The SMILES string of the molecule is CCCCCC1CCC(C2CCC(c3cccc(O)c3F)CC2)CC1. The molecule has 0 aromatic heterocycles. The van der Waals surface area contributed by atoms with Gasteiger partial charge in [-0.05, 0) is 73.8 Å². The second kappa shape index (κ2) is 9.05. The first-order valence-electron chi connectivity index (χ1n) is 10.7. The van der Waals surface area contributed by atoms with Crippen LogP contribution in [0.5, 0.6) is 5.75 Å². The van der Waals surface area contributed by atoms with Gasteiger partial charge in [-0.1, -0.05) is 57.6 Å². The highest BCUT2D eigenvalue weighted by Gasteiger charge is 2.32. The van der Waals surface area contributed by atoms with Crippen LogP contribution in [0.2, 0.25) is 0 Å². The molecular formula is C23H35FO. The molecule has 2 aliphatic rings. The van der Waals surface area contributed by atoms with Crippen LogP contribution >= 0.6 is 0 Å². The number of hydrogen-bond donors (Lipinski definition) is 1. The lowest BCUT2D eigenvalue weighted by atomic mass is 9.68. The Balaban J connectivity index is 1.45. The van der Waals surface area contributed by atoms with Crippen molar-refractivity contribution in [3.8, 4) is 5.75 Å². The van der Waals surface area contributed by atoms with E-state index in [4.69, 9.17) is 0 Å². The molecule has 1 aromatic rings. The molecule has 0 atom stereocenters. The summed E-state index contributed by atoms with van der Waals surface area (Å²) >= 11 is 0. The van der Waals surface area contributed by atoms with Crippen molar-refractivity contribution in [1.29, 1.82) is 0 Å². The monoisotopic (exact) mass is 346 g/mol. The predicted molar refractivity (Wildman–Crippen MR) is 102 cm³/mol. The first kappa shape index (κ1) is 18.7. The van der Waals surface area contributed by atoms with Crippen molar-refractivity contribution in [2.45, 2.75) is 89.9 Å². The number of halogens is 1. The molecule has 0 heterocycles. The van der Waals surface area contributed by atoms with E-state index >= 15 is 0 Å². The van der Waals surface area contributed by atoms with Crippen LogP contribution in [-0.2, 0) is 0 Å². The topological polar surface area (TPSA) is 20.2 Å². The van der Waals surface area contributed by atoms with Crippen molar-refractivity contribution < 1.29 is 9.50 Å². The number of hydrogen-bond acceptors (Lipinski definition) is 1. The van der Waals surface area contributed by atoms with Crippen LogP contribution < -0.4 is 0 Å². The molecule has 0 radical (unpaired) electrons. The Hall–Kier alpha value is -1.05. The van der Waals surface area contributed by atoms with E-state index in [9.17, 15) is 9.50 Å². The zero-order chi connectivity index (χ0) is 17.6. The number of rotatable bonds is 6. The summed E-state index contributed by atoms with van der Waals surface area (Å²) in [6.45, 7) is 2.29. The van der Waals surface area contributed by atoms with Crippen molar-refractivity contribution in [3.63, 3.8) is 0 Å². The molecule has 0 amide bonds. The number of aromatic hydroxyl groups is 1. The van der Waals surface area contributed by atoms with Crippen molar-refractivity contribution in [2.24, 2.45) is 17.8 Å². The van der Waals surface area contributed by atoms with Gasteiger partial charge in [0.2, 0.25) is 0 Å². The summed E-state index contributed by atoms with van der Waals surface area (Å²) in [5.74, 6) is 2.47. The molecule has 2 aliphatic carbocycles. The standard InChI is InChI=1S/C23H35FO/c1-2-3-4-6-17-9-11-18(12-10-17)19-13-15-20(16-14-19)21-7-5-8-22(25)23(21)24/h5,7-8,17-20,25H,2-4,6,9-16H2,1H3. The van der Waals surface area contributed by atoms with E-state index in [-0.39, 0.29) is 5.75 Å². The molecule has 1 aromatic carbocycles. The van der Waals surface area contributed by atoms with Gasteiger partial charge in [-0.2, -0.15) is 0 Å². The van der Waals surface area contributed by atoms with Crippen LogP contribution in [0.25, 0.3) is 0 Å². The lowest BCUT2D eigenvalue weighted by Gasteiger charge is -2.38. The van der Waals surface area contributed by atoms with E-state index in [0.29, 0.717) is 5.92 Å². The molecule has 0 saturated heterocycles. The summed E-state index contributed by atoms with van der Waals surface area (Å²) < 4.78 is 14.2. The lowest BCUT2D eigenvalue weighted by Crippen LogP contribution is -2.25. The van der Waals surface area contributed by atoms with Crippen LogP contribution in [0.15, 0.2) is 18.2 Å². The van der Waals surface area contributed by atoms with Gasteiger partial charge in [-0.3, -0.25) is 0 Å². The van der Waals surface area contributed by atoms with Gasteiger partial charge >= 0.3 is 0 Å². The van der Waals surface area contributed by atoms with E-state index < -0.39 is 5.82 Å². The summed E-state index contributed by atoms with van der Waals surface area (Å²) in [4.78, 5) is 0. The zero-order valence-electron chi connectivity index (χ0n) is 15.9. The molecule has 0 aliphatic heterocycles. The molecule has 1 nitrogen and oxygen atoms in total. The summed E-state index contributed by atoms with van der Waals surface area (Å²) in [6.07, 6.45) is 16.0. The van der Waals surface area contributed by atoms with E-state index in [1.165, 1.54) is 70.3 Å². The van der Waals surface area contributed by atoms with Crippen molar-refractivity contribution in [3.05, 3.63) is 29.6 Å². The van der Waals surface area contributed by atoms with Crippen LogP contribution in [0.4, 0.5) is 4.39 Å². The molecule has 3 rings (SSSR count). The smallest absolute Gasteiger partial charge is 0.168 e. The molecule has 25 heavy (non-hydrogen) atoms. The zero-order valence-corrected chi connectivity index (χ0v) is 15.9. The Morgan fingerprint density at radius 2 is 1.56 bits per heavy atom. The summed E-state index contributed by atoms with van der Waals surface area (Å²) in [6, 6.07) is 5.09. The van der Waals surface area contributed by atoms with Gasteiger partial charge in [0.25, 0.3) is 0 Å². The number of phenolic OH excluding ortho intramolecular Hbond substituents is 1. The largest absolute Gasteiger partial charge is 0.505 e. The number of benzene rings is 1. The third-order valence-corrected chi connectivity index (χ3v) is 6.99. The Morgan fingerprint density at radius 3 is 2.20 bits per heavy atom. The van der Waals surface area contributed by atoms with Gasteiger partial charge in [0.1, 0.15) is 0 Å². The highest BCUT2D eigenvalue weighted by molar-refractivity contribution is 5.32. The van der Waals surface area contributed by atoms with E-state index in [1.807, 2.05) is 6.07 Å². The van der Waals surface area contributed by atoms with E-state index in [2.05, 4.69) is 6.92 Å². The second-order valence-corrected chi connectivity index (χ2v) is 8.57. The fraction of sp³-hybridized carbons (Fsp3) is 0.739. The first-order chi connectivity index (χ1) is 12.2. The fourth-order valence-electron chi connectivity index (χ4n) is 5.39. The first-order valence-corrected chi connectivity index (χ1v) is 10.7. The minimum atomic E-state index is -0.390. The third-order valence-electron chi connectivity index (χ3n) is 6.99. The average Bonchev–Trinajstić information content (AvgIpc) is 2.65. The van der Waals surface area contributed by atoms with Gasteiger partial charge in [-0.15, -0.1) is 0 Å². The molecule has 140 valence electrons. The quantitative estimate of drug-likeness (QED) is 0.540. The molecule has 0 bridgehead atoms. The minimum absolute atomic E-state index is 0.194. The maximum Gasteiger partial charge on any atom is 0.168 e. The predicted octanol–water partition coefficient (Wildman–Crippen LogP) is 7.19. The Kier molecular flexibility index (Phi) is 6.78. The Morgan fingerprint density at radius 1 is 0.920 bits per heavy atom. The molecule has 2 fully saturated rings. The van der Waals surface area contributed by atoms with Gasteiger partial charge in [0, 0.05) is 0 Å². The molecule has 2 saturated carbocycles. The van der Waals surface area contributed by atoms with Crippen LogP contribution in [0.1, 0.15) is 95.5 Å². The molecule has 0 unspecified atom stereocenters. The molecule has 0 spiro atoms. The normalized spacial score (nSPS) is 30.3. The maximum absolute atomic E-state index is 14.2. The van der Waals surface area contributed by atoms with E-state index in [1.54, 1.807) is 6.07 Å². The number of unbranched alkanes of at least 4 members (excludes halogenated alkanes) is 2. The Bertz CT molecular complexity index is 525. The van der Waals surface area contributed by atoms with Gasteiger partial charge in [-0.25, -0.2) is 4.39 Å². The Labute approximate surface area is 153 Å². The summed E-state index contributed by atoms with van der Waals surface area (Å²) in [5, 5.41) is 9.61. The molecule has 2 heteroatoms. The van der Waals surface area contributed by atoms with Gasteiger partial charge in [0.15, 0.2) is 11.6 Å². The van der Waals surface area contributed by atoms with Crippen molar-refractivity contribution in [1.82, 2.24) is 0 Å². The van der Waals surface area contributed by atoms with Crippen molar-refractivity contribution >= 4 is 0 Å². The fourth-order valence-corrected chi connectivity index (χ4v) is 5.39. The van der Waals surface area contributed by atoms with Crippen LogP contribution in [-0.4, -0.2) is 5.11 Å². The highest BCUT2D eigenvalue weighted by atomic mass is 19.1. The minimum Gasteiger partial charge on any atom is -0.505 e.